The summed E-state index contributed by atoms with van der Waals surface area (Å²) < 4.78 is 13.1. The van der Waals surface area contributed by atoms with Gasteiger partial charge in [-0.3, -0.25) is 0 Å². The summed E-state index contributed by atoms with van der Waals surface area (Å²) in [6.07, 6.45) is 2.46. The van der Waals surface area contributed by atoms with Gasteiger partial charge in [0.25, 0.3) is 0 Å². The van der Waals surface area contributed by atoms with Crippen molar-refractivity contribution in [2.45, 2.75) is 40.0 Å². The topological polar surface area (TPSA) is 159 Å². The van der Waals surface area contributed by atoms with Gasteiger partial charge < -0.3 is 57.6 Å². The molecule has 0 aromatic carbocycles. The first kappa shape index (κ1) is 47.1. The van der Waals surface area contributed by atoms with Crippen LogP contribution in [-0.2, 0) is 13.6 Å². The van der Waals surface area contributed by atoms with Gasteiger partial charge in [-0.25, -0.2) is 0 Å². The maximum absolute atomic E-state index is 8.08. The Morgan fingerprint density at radius 2 is 0.545 bits per heavy atom. The van der Waals surface area contributed by atoms with Crippen LogP contribution < -0.4 is 0 Å². The SMILES string of the molecule is CCCOP(O)O.CCCOP(O)O.CCCOP(O)O.CN(C)C.CN(C)C.CN(C)C. The second kappa shape index (κ2) is 42.9. The minimum Gasteiger partial charge on any atom is -0.328 e. The number of nitrogens with zero attached hydrogens (tertiary/aromatic N) is 3. The van der Waals surface area contributed by atoms with E-state index in [9.17, 15) is 0 Å². The van der Waals surface area contributed by atoms with Crippen molar-refractivity contribution in [2.75, 3.05) is 83.2 Å². The standard InChI is InChI=1S/3C3H9N.3C3H9O3P/c3*1-4(2)3;3*1-2-3-6-7(4)5/h3*1-3H3;3*4-5H,2-3H2,1H3. The van der Waals surface area contributed by atoms with Crippen LogP contribution in [0.15, 0.2) is 0 Å². The molecule has 0 bridgehead atoms. The summed E-state index contributed by atoms with van der Waals surface area (Å²) in [5.74, 6) is 0. The molecule has 0 unspecified atom stereocenters. The maximum Gasteiger partial charge on any atom is 0.327 e. The maximum atomic E-state index is 8.08. The molecular weight excluding hydrogens is 495 g/mol. The average Bonchev–Trinajstić information content (AvgIpc) is 2.62. The summed E-state index contributed by atoms with van der Waals surface area (Å²) in [5.41, 5.74) is 0. The Morgan fingerprint density at radius 1 is 0.424 bits per heavy atom. The Bertz CT molecular complexity index is 247. The monoisotopic (exact) mass is 549 g/mol. The van der Waals surface area contributed by atoms with Crippen LogP contribution in [0.4, 0.5) is 0 Å². The fourth-order valence-electron chi connectivity index (χ4n) is 0.519. The van der Waals surface area contributed by atoms with Crippen LogP contribution in [0.5, 0.6) is 0 Å². The van der Waals surface area contributed by atoms with Crippen molar-refractivity contribution in [1.29, 1.82) is 0 Å². The lowest BCUT2D eigenvalue weighted by molar-refractivity contribution is 0.254. The third-order valence-corrected chi connectivity index (χ3v) is 2.47. The molecule has 0 amide bonds. The first-order valence-electron chi connectivity index (χ1n) is 10.3. The first-order chi connectivity index (χ1) is 15.0. The third kappa shape index (κ3) is 190. The van der Waals surface area contributed by atoms with Crippen molar-refractivity contribution in [3.63, 3.8) is 0 Å². The molecule has 0 fully saturated rings. The predicted octanol–water partition coefficient (Wildman–Crippen LogP) is 2.41. The van der Waals surface area contributed by atoms with Crippen LogP contribution in [0.25, 0.3) is 0 Å². The van der Waals surface area contributed by atoms with Gasteiger partial charge in [0.05, 0.1) is 19.8 Å². The molecule has 6 N–H and O–H groups in total. The lowest BCUT2D eigenvalue weighted by atomic mass is 10.5. The summed E-state index contributed by atoms with van der Waals surface area (Å²) in [7, 11) is 11.7. The number of rotatable bonds is 9. The minimum atomic E-state index is -2.11. The van der Waals surface area contributed by atoms with E-state index in [-0.39, 0.29) is 0 Å². The zero-order valence-electron chi connectivity index (χ0n) is 22.8. The summed E-state index contributed by atoms with van der Waals surface area (Å²) >= 11 is 0. The van der Waals surface area contributed by atoms with E-state index in [1.54, 1.807) is 0 Å². The predicted molar refractivity (Wildman–Crippen MR) is 142 cm³/mol. The van der Waals surface area contributed by atoms with E-state index in [1.165, 1.54) is 0 Å². The van der Waals surface area contributed by atoms with E-state index >= 15 is 0 Å². The Kier molecular flexibility index (Phi) is 61.2. The minimum absolute atomic E-state index is 0.429. The largest absolute Gasteiger partial charge is 0.328 e. The Labute approximate surface area is 207 Å². The molecule has 0 saturated carbocycles. The molecule has 0 aromatic rings. The van der Waals surface area contributed by atoms with Crippen LogP contribution in [0.3, 0.4) is 0 Å². The quantitative estimate of drug-likeness (QED) is 0.234. The second-order valence-electron chi connectivity index (χ2n) is 7.28. The number of hydrogen-bond acceptors (Lipinski definition) is 12. The van der Waals surface area contributed by atoms with Gasteiger partial charge in [-0.1, -0.05) is 20.8 Å². The van der Waals surface area contributed by atoms with Crippen molar-refractivity contribution in [2.24, 2.45) is 0 Å². The highest BCUT2D eigenvalue weighted by atomic mass is 31.2. The van der Waals surface area contributed by atoms with Crippen LogP contribution in [0.2, 0.25) is 0 Å². The summed E-state index contributed by atoms with van der Waals surface area (Å²) in [6.45, 7) is 6.99. The van der Waals surface area contributed by atoms with E-state index < -0.39 is 25.8 Å². The summed E-state index contributed by atoms with van der Waals surface area (Å²) in [6, 6.07) is 0. The molecule has 0 radical (unpaired) electrons. The molecule has 0 heterocycles. The lowest BCUT2D eigenvalue weighted by Gasteiger charge is -1.98. The molecule has 210 valence electrons. The van der Waals surface area contributed by atoms with Crippen molar-refractivity contribution in [3.05, 3.63) is 0 Å². The average molecular weight is 550 g/mol. The second-order valence-corrected chi connectivity index (χ2v) is 9.57. The Balaban J connectivity index is -0.0000000677. The van der Waals surface area contributed by atoms with E-state index in [2.05, 4.69) is 13.6 Å². The third-order valence-electron chi connectivity index (χ3n) is 1.23. The smallest absolute Gasteiger partial charge is 0.327 e. The molecule has 0 saturated heterocycles. The summed E-state index contributed by atoms with van der Waals surface area (Å²) in [5, 5.41) is 0. The molecule has 0 spiro atoms. The van der Waals surface area contributed by atoms with Gasteiger partial charge in [0.15, 0.2) is 0 Å². The first-order valence-corrected chi connectivity index (χ1v) is 13.8. The fourth-order valence-corrected chi connectivity index (χ4v) is 1.56. The molecule has 0 rings (SSSR count). The van der Waals surface area contributed by atoms with Crippen LogP contribution in [0.1, 0.15) is 40.0 Å². The van der Waals surface area contributed by atoms with Crippen LogP contribution in [-0.4, -0.2) is 127 Å². The zero-order valence-corrected chi connectivity index (χ0v) is 25.5. The van der Waals surface area contributed by atoms with Crippen molar-refractivity contribution in [1.82, 2.24) is 14.7 Å². The molecule has 0 aromatic heterocycles. The van der Waals surface area contributed by atoms with Crippen molar-refractivity contribution >= 4 is 25.8 Å². The van der Waals surface area contributed by atoms with Gasteiger partial charge in [-0.05, 0) is 82.7 Å². The van der Waals surface area contributed by atoms with E-state index in [1.807, 2.05) is 98.9 Å². The van der Waals surface area contributed by atoms with Gasteiger partial charge in [0.1, 0.15) is 0 Å². The lowest BCUT2D eigenvalue weighted by Crippen LogP contribution is -1.99. The molecule has 15 heteroatoms. The molecule has 0 aliphatic heterocycles. The molecule has 0 aliphatic carbocycles. The Morgan fingerprint density at radius 3 is 0.576 bits per heavy atom. The van der Waals surface area contributed by atoms with E-state index in [0.29, 0.717) is 19.8 Å². The molecule has 33 heavy (non-hydrogen) atoms. The van der Waals surface area contributed by atoms with Gasteiger partial charge in [0, 0.05) is 0 Å². The molecule has 12 nitrogen and oxygen atoms in total. The van der Waals surface area contributed by atoms with Crippen LogP contribution >= 0.6 is 25.8 Å². The van der Waals surface area contributed by atoms with Gasteiger partial charge in [-0.2, -0.15) is 0 Å². The fraction of sp³-hybridized carbons (Fsp3) is 1.00. The summed E-state index contributed by atoms with van der Waals surface area (Å²) in [4.78, 5) is 54.5. The zero-order chi connectivity index (χ0) is 27.8. The van der Waals surface area contributed by atoms with E-state index in [0.717, 1.165) is 19.3 Å². The molecule has 0 atom stereocenters. The Hall–Kier alpha value is 0.810. The highest BCUT2D eigenvalue weighted by Gasteiger charge is 1.94. The number of hydrogen-bond donors (Lipinski definition) is 6. The molecule has 0 aliphatic rings. The van der Waals surface area contributed by atoms with Crippen molar-refractivity contribution < 1.29 is 42.9 Å². The normalized spacial score (nSPS) is 9.82. The van der Waals surface area contributed by atoms with Gasteiger partial charge >= 0.3 is 25.8 Å². The molecular formula is C18H54N3O9P3. The van der Waals surface area contributed by atoms with E-state index in [4.69, 9.17) is 29.4 Å². The van der Waals surface area contributed by atoms with Crippen molar-refractivity contribution in [3.8, 4) is 0 Å². The highest BCUT2D eigenvalue weighted by molar-refractivity contribution is 7.39. The highest BCUT2D eigenvalue weighted by Crippen LogP contribution is 2.24. The van der Waals surface area contributed by atoms with Gasteiger partial charge in [0.2, 0.25) is 0 Å². The van der Waals surface area contributed by atoms with Crippen LogP contribution in [0, 0.1) is 0 Å². The van der Waals surface area contributed by atoms with Gasteiger partial charge in [-0.15, -0.1) is 0 Å².